The number of ether oxygens (including phenoxy) is 2. The number of fused-ring (bicyclic) bond motifs is 1. The topological polar surface area (TPSA) is 79.3 Å². The number of benzene rings is 1. The highest BCUT2D eigenvalue weighted by atomic mass is 16.6. The summed E-state index contributed by atoms with van der Waals surface area (Å²) in [4.78, 5) is 28.1. The minimum absolute atomic E-state index is 0.0494. The normalized spacial score (nSPS) is 25.4. The number of piperidine rings is 1. The van der Waals surface area contributed by atoms with Gasteiger partial charge in [-0.15, -0.1) is 0 Å². The molecule has 27 heavy (non-hydrogen) atoms. The highest BCUT2D eigenvalue weighted by Crippen LogP contribution is 2.38. The van der Waals surface area contributed by atoms with Gasteiger partial charge in [-0.1, -0.05) is 6.07 Å². The number of carbonyl (C=O) groups is 2. The zero-order valence-electron chi connectivity index (χ0n) is 15.4. The molecule has 0 saturated carbocycles. The van der Waals surface area contributed by atoms with Crippen LogP contribution >= 0.6 is 0 Å². The van der Waals surface area contributed by atoms with Crippen LogP contribution in [0.3, 0.4) is 0 Å². The molecule has 7 heteroatoms. The van der Waals surface area contributed by atoms with Crippen molar-refractivity contribution in [3.63, 3.8) is 0 Å². The summed E-state index contributed by atoms with van der Waals surface area (Å²) in [6.45, 7) is 3.40. The summed E-state index contributed by atoms with van der Waals surface area (Å²) in [6.07, 6.45) is 3.44. The lowest BCUT2D eigenvalue weighted by atomic mass is 9.98. The van der Waals surface area contributed by atoms with Crippen molar-refractivity contribution < 1.29 is 24.2 Å². The Bertz CT molecular complexity index is 722. The van der Waals surface area contributed by atoms with Crippen molar-refractivity contribution in [2.75, 3.05) is 39.4 Å². The smallest absolute Gasteiger partial charge is 0.307 e. The first-order valence-corrected chi connectivity index (χ1v) is 9.76. The number of carboxylic acid groups (broad SMARTS) is 1. The number of rotatable bonds is 4. The SMILES string of the molecule is O=C(O)C1CCCN(CC(=O)N2CCCC2c2ccc3c(c2)OCCO3)C1. The molecule has 0 aliphatic carbocycles. The van der Waals surface area contributed by atoms with Gasteiger partial charge in [0.15, 0.2) is 11.5 Å². The molecule has 4 rings (SSSR count). The van der Waals surface area contributed by atoms with E-state index in [9.17, 15) is 14.7 Å². The van der Waals surface area contributed by atoms with Gasteiger partial charge in [0.05, 0.1) is 18.5 Å². The second kappa shape index (κ2) is 7.76. The molecular formula is C20H26N2O5. The minimum atomic E-state index is -0.762. The lowest BCUT2D eigenvalue weighted by Gasteiger charge is -2.33. The molecule has 2 fully saturated rings. The van der Waals surface area contributed by atoms with E-state index in [0.29, 0.717) is 32.7 Å². The molecule has 1 N–H and O–H groups in total. The van der Waals surface area contributed by atoms with Gasteiger partial charge >= 0.3 is 5.97 Å². The van der Waals surface area contributed by atoms with Crippen LogP contribution in [0, 0.1) is 5.92 Å². The molecule has 2 atom stereocenters. The first kappa shape index (κ1) is 18.1. The Kier molecular flexibility index (Phi) is 5.20. The maximum atomic E-state index is 12.9. The number of hydrogen-bond acceptors (Lipinski definition) is 5. The third kappa shape index (κ3) is 3.88. The quantitative estimate of drug-likeness (QED) is 0.867. The molecule has 146 valence electrons. The second-order valence-corrected chi connectivity index (χ2v) is 7.56. The van der Waals surface area contributed by atoms with E-state index < -0.39 is 5.97 Å². The van der Waals surface area contributed by atoms with Crippen molar-refractivity contribution in [1.82, 2.24) is 9.80 Å². The maximum Gasteiger partial charge on any atom is 0.307 e. The fraction of sp³-hybridized carbons (Fsp3) is 0.600. The zero-order valence-corrected chi connectivity index (χ0v) is 15.4. The highest BCUT2D eigenvalue weighted by molar-refractivity contribution is 5.79. The van der Waals surface area contributed by atoms with Crippen LogP contribution in [0.2, 0.25) is 0 Å². The van der Waals surface area contributed by atoms with Crippen LogP contribution in [0.4, 0.5) is 0 Å². The zero-order chi connectivity index (χ0) is 18.8. The highest BCUT2D eigenvalue weighted by Gasteiger charge is 2.33. The molecule has 1 amide bonds. The molecule has 0 radical (unpaired) electrons. The second-order valence-electron chi connectivity index (χ2n) is 7.56. The molecule has 0 spiro atoms. The van der Waals surface area contributed by atoms with E-state index in [0.717, 1.165) is 49.4 Å². The average Bonchev–Trinajstić information content (AvgIpc) is 3.18. The van der Waals surface area contributed by atoms with Crippen molar-refractivity contribution >= 4 is 11.9 Å². The summed E-state index contributed by atoms with van der Waals surface area (Å²) in [5.41, 5.74) is 1.08. The largest absolute Gasteiger partial charge is 0.486 e. The summed E-state index contributed by atoms with van der Waals surface area (Å²) in [5.74, 6) is 0.465. The number of likely N-dealkylation sites (tertiary alicyclic amines) is 2. The van der Waals surface area contributed by atoms with E-state index in [2.05, 4.69) is 0 Å². The Morgan fingerprint density at radius 2 is 1.85 bits per heavy atom. The van der Waals surface area contributed by atoms with Gasteiger partial charge in [-0.05, 0) is 49.9 Å². The Balaban J connectivity index is 1.43. The summed E-state index contributed by atoms with van der Waals surface area (Å²) in [5, 5.41) is 9.25. The predicted octanol–water partition coefficient (Wildman–Crippen LogP) is 1.92. The molecule has 1 aromatic rings. The van der Waals surface area contributed by atoms with Crippen LogP contribution in [0.15, 0.2) is 18.2 Å². The first-order valence-electron chi connectivity index (χ1n) is 9.76. The van der Waals surface area contributed by atoms with Crippen LogP contribution in [-0.2, 0) is 9.59 Å². The van der Waals surface area contributed by atoms with Gasteiger partial charge in [-0.3, -0.25) is 14.5 Å². The molecule has 3 aliphatic rings. The van der Waals surface area contributed by atoms with Gasteiger partial charge in [-0.25, -0.2) is 0 Å². The molecular weight excluding hydrogens is 348 g/mol. The number of aliphatic carboxylic acids is 1. The standard InChI is InChI=1S/C20H26N2O5/c23-19(13-21-7-1-3-15(12-21)20(24)25)22-8-2-4-16(22)14-5-6-17-18(11-14)27-10-9-26-17/h5-6,11,15-16H,1-4,7-10,12-13H2,(H,24,25). The third-order valence-corrected chi connectivity index (χ3v) is 5.74. The summed E-state index contributed by atoms with van der Waals surface area (Å²) < 4.78 is 11.3. The monoisotopic (exact) mass is 374 g/mol. The van der Waals surface area contributed by atoms with Crippen molar-refractivity contribution in [2.45, 2.75) is 31.7 Å². The molecule has 2 unspecified atom stereocenters. The Hall–Kier alpha value is -2.28. The van der Waals surface area contributed by atoms with E-state index in [1.165, 1.54) is 0 Å². The molecule has 2 saturated heterocycles. The third-order valence-electron chi connectivity index (χ3n) is 5.74. The van der Waals surface area contributed by atoms with Gasteiger partial charge in [-0.2, -0.15) is 0 Å². The lowest BCUT2D eigenvalue weighted by molar-refractivity contribution is -0.145. The molecule has 0 aromatic heterocycles. The summed E-state index contributed by atoms with van der Waals surface area (Å²) >= 11 is 0. The molecule has 0 bridgehead atoms. The Morgan fingerprint density at radius 3 is 2.67 bits per heavy atom. The fourth-order valence-corrected chi connectivity index (χ4v) is 4.36. The van der Waals surface area contributed by atoms with Crippen LogP contribution in [0.25, 0.3) is 0 Å². The van der Waals surface area contributed by atoms with Crippen LogP contribution < -0.4 is 9.47 Å². The van der Waals surface area contributed by atoms with Gasteiger partial charge in [0.1, 0.15) is 13.2 Å². The number of amides is 1. The number of nitrogens with zero attached hydrogens (tertiary/aromatic N) is 2. The van der Waals surface area contributed by atoms with Crippen LogP contribution in [0.5, 0.6) is 11.5 Å². The van der Waals surface area contributed by atoms with E-state index in [4.69, 9.17) is 9.47 Å². The average molecular weight is 374 g/mol. The van der Waals surface area contributed by atoms with Crippen LogP contribution in [0.1, 0.15) is 37.3 Å². The van der Waals surface area contributed by atoms with Gasteiger partial charge in [0.2, 0.25) is 5.91 Å². The van der Waals surface area contributed by atoms with Crippen molar-refractivity contribution in [2.24, 2.45) is 5.92 Å². The predicted molar refractivity (Wildman–Crippen MR) is 97.9 cm³/mol. The molecule has 3 heterocycles. The summed E-state index contributed by atoms with van der Waals surface area (Å²) in [6, 6.07) is 5.98. The Labute approximate surface area is 158 Å². The Morgan fingerprint density at radius 1 is 1.07 bits per heavy atom. The number of hydrogen-bond donors (Lipinski definition) is 1. The van der Waals surface area contributed by atoms with E-state index in [-0.39, 0.29) is 17.9 Å². The van der Waals surface area contributed by atoms with Crippen molar-refractivity contribution in [3.05, 3.63) is 23.8 Å². The van der Waals surface area contributed by atoms with Gasteiger partial charge in [0.25, 0.3) is 0 Å². The number of carboxylic acids is 1. The van der Waals surface area contributed by atoms with Crippen LogP contribution in [-0.4, -0.2) is 66.2 Å². The van der Waals surface area contributed by atoms with Crippen molar-refractivity contribution in [3.8, 4) is 11.5 Å². The fourth-order valence-electron chi connectivity index (χ4n) is 4.36. The van der Waals surface area contributed by atoms with E-state index >= 15 is 0 Å². The molecule has 3 aliphatic heterocycles. The molecule has 1 aromatic carbocycles. The van der Waals surface area contributed by atoms with E-state index in [1.54, 1.807) is 0 Å². The first-order chi connectivity index (χ1) is 13.1. The molecule has 7 nitrogen and oxygen atoms in total. The van der Waals surface area contributed by atoms with Crippen molar-refractivity contribution in [1.29, 1.82) is 0 Å². The maximum absolute atomic E-state index is 12.9. The van der Waals surface area contributed by atoms with Gasteiger partial charge in [0, 0.05) is 13.1 Å². The summed E-state index contributed by atoms with van der Waals surface area (Å²) in [7, 11) is 0. The number of carbonyl (C=O) groups excluding carboxylic acids is 1. The van der Waals surface area contributed by atoms with Gasteiger partial charge < -0.3 is 19.5 Å². The lowest BCUT2D eigenvalue weighted by Crippen LogP contribution is -2.45. The van der Waals surface area contributed by atoms with E-state index in [1.807, 2.05) is 28.0 Å². The minimum Gasteiger partial charge on any atom is -0.486 e.